The number of carbonyl (C=O) groups excluding carboxylic acids is 1. The largest absolute Gasteiger partial charge is 0.466 e. The van der Waals surface area contributed by atoms with Crippen molar-refractivity contribution in [1.82, 2.24) is 4.98 Å². The van der Waals surface area contributed by atoms with Gasteiger partial charge in [0.15, 0.2) is 0 Å². The highest BCUT2D eigenvalue weighted by atomic mass is 16.5. The smallest absolute Gasteiger partial charge is 0.314 e. The van der Waals surface area contributed by atoms with Crippen molar-refractivity contribution in [2.75, 3.05) is 24.6 Å². The number of esters is 1. The van der Waals surface area contributed by atoms with Crippen LogP contribution < -0.4 is 4.90 Å². The van der Waals surface area contributed by atoms with Crippen LogP contribution in [0.3, 0.4) is 0 Å². The summed E-state index contributed by atoms with van der Waals surface area (Å²) in [6.07, 6.45) is 2.62. The van der Waals surface area contributed by atoms with E-state index >= 15 is 0 Å². The number of hydrogen-bond acceptors (Lipinski definition) is 4. The molecule has 0 bridgehead atoms. The van der Waals surface area contributed by atoms with Crippen molar-refractivity contribution >= 4 is 11.8 Å². The van der Waals surface area contributed by atoms with Gasteiger partial charge < -0.3 is 9.64 Å². The van der Waals surface area contributed by atoms with Gasteiger partial charge in [-0.05, 0) is 31.4 Å². The molecule has 19 heavy (non-hydrogen) atoms. The van der Waals surface area contributed by atoms with Gasteiger partial charge in [-0.15, -0.1) is 0 Å². The molecule has 2 heterocycles. The molecule has 1 aromatic heterocycles. The minimum atomic E-state index is -0.395. The lowest BCUT2D eigenvalue weighted by molar-refractivity contribution is -0.156. The molecule has 1 atom stereocenters. The molecule has 0 aromatic carbocycles. The summed E-state index contributed by atoms with van der Waals surface area (Å²) >= 11 is 0. The number of anilines is 1. The standard InChI is InChI=1S/C15H22N2O2/c1-4-19-14(18)15(12(2)3)8-10-17(11-15)13-7-5-6-9-16-13/h5-7,9,12H,4,8,10-11H2,1-3H3. The molecule has 0 amide bonds. The molecule has 0 radical (unpaired) electrons. The maximum Gasteiger partial charge on any atom is 0.314 e. The zero-order chi connectivity index (χ0) is 13.9. The Morgan fingerprint density at radius 2 is 2.32 bits per heavy atom. The molecule has 1 aromatic rings. The molecule has 2 rings (SSSR count). The second-order valence-electron chi connectivity index (χ2n) is 5.39. The van der Waals surface area contributed by atoms with E-state index < -0.39 is 5.41 Å². The van der Waals surface area contributed by atoms with Crippen LogP contribution in [0.4, 0.5) is 5.82 Å². The highest BCUT2D eigenvalue weighted by molar-refractivity contribution is 5.79. The van der Waals surface area contributed by atoms with Crippen LogP contribution in [0.1, 0.15) is 27.2 Å². The quantitative estimate of drug-likeness (QED) is 0.782. The van der Waals surface area contributed by atoms with Crippen LogP contribution in [-0.4, -0.2) is 30.6 Å². The molecule has 0 aliphatic carbocycles. The highest BCUT2D eigenvalue weighted by Gasteiger charge is 2.48. The number of aromatic nitrogens is 1. The second-order valence-corrected chi connectivity index (χ2v) is 5.39. The van der Waals surface area contributed by atoms with Crippen molar-refractivity contribution in [2.45, 2.75) is 27.2 Å². The summed E-state index contributed by atoms with van der Waals surface area (Å²) in [5.74, 6) is 1.14. The van der Waals surface area contributed by atoms with Gasteiger partial charge in [0, 0.05) is 19.3 Å². The molecule has 1 fully saturated rings. The topological polar surface area (TPSA) is 42.4 Å². The van der Waals surface area contributed by atoms with E-state index in [0.717, 1.165) is 18.8 Å². The first kappa shape index (κ1) is 13.8. The Morgan fingerprint density at radius 3 is 2.89 bits per heavy atom. The second kappa shape index (κ2) is 5.59. The van der Waals surface area contributed by atoms with Crippen molar-refractivity contribution < 1.29 is 9.53 Å². The van der Waals surface area contributed by atoms with Crippen LogP contribution in [0.2, 0.25) is 0 Å². The first-order valence-electron chi connectivity index (χ1n) is 6.93. The van der Waals surface area contributed by atoms with Crippen molar-refractivity contribution in [3.05, 3.63) is 24.4 Å². The third-order valence-electron chi connectivity index (χ3n) is 4.06. The number of nitrogens with zero attached hydrogens (tertiary/aromatic N) is 2. The number of carbonyl (C=O) groups is 1. The van der Waals surface area contributed by atoms with Crippen molar-refractivity contribution in [3.8, 4) is 0 Å². The van der Waals surface area contributed by atoms with Crippen LogP contribution >= 0.6 is 0 Å². The summed E-state index contributed by atoms with van der Waals surface area (Å²) in [6.45, 7) is 8.04. The normalized spacial score (nSPS) is 22.8. The van der Waals surface area contributed by atoms with Crippen molar-refractivity contribution in [3.63, 3.8) is 0 Å². The number of ether oxygens (including phenoxy) is 1. The van der Waals surface area contributed by atoms with E-state index in [1.54, 1.807) is 6.20 Å². The SMILES string of the molecule is CCOC(=O)C1(C(C)C)CCN(c2ccccn2)C1. The zero-order valence-corrected chi connectivity index (χ0v) is 11.9. The molecule has 4 nitrogen and oxygen atoms in total. The zero-order valence-electron chi connectivity index (χ0n) is 11.9. The van der Waals surface area contributed by atoms with Crippen LogP contribution in [0.15, 0.2) is 24.4 Å². The van der Waals surface area contributed by atoms with E-state index in [2.05, 4.69) is 23.7 Å². The minimum Gasteiger partial charge on any atom is -0.466 e. The Morgan fingerprint density at radius 1 is 1.53 bits per heavy atom. The van der Waals surface area contributed by atoms with Gasteiger partial charge >= 0.3 is 5.97 Å². The van der Waals surface area contributed by atoms with Gasteiger partial charge in [0.25, 0.3) is 0 Å². The van der Waals surface area contributed by atoms with Gasteiger partial charge in [0.05, 0.1) is 12.0 Å². The third-order valence-corrected chi connectivity index (χ3v) is 4.06. The molecule has 1 aliphatic rings. The Labute approximate surface area is 114 Å². The van der Waals surface area contributed by atoms with E-state index in [9.17, 15) is 4.79 Å². The summed E-state index contributed by atoms with van der Waals surface area (Å²) in [6, 6.07) is 5.87. The van der Waals surface area contributed by atoms with Gasteiger partial charge in [-0.2, -0.15) is 0 Å². The fourth-order valence-corrected chi connectivity index (χ4v) is 2.72. The van der Waals surface area contributed by atoms with Crippen molar-refractivity contribution in [1.29, 1.82) is 0 Å². The van der Waals surface area contributed by atoms with Gasteiger partial charge in [-0.25, -0.2) is 4.98 Å². The Balaban J connectivity index is 2.19. The lowest BCUT2D eigenvalue weighted by Gasteiger charge is -2.31. The van der Waals surface area contributed by atoms with Crippen LogP contribution in [-0.2, 0) is 9.53 Å². The number of hydrogen-bond donors (Lipinski definition) is 0. The molecule has 1 unspecified atom stereocenters. The lowest BCUT2D eigenvalue weighted by atomic mass is 9.76. The molecule has 0 saturated carbocycles. The average Bonchev–Trinajstić information content (AvgIpc) is 2.86. The molecular formula is C15H22N2O2. The Kier molecular flexibility index (Phi) is 4.08. The molecule has 4 heteroatoms. The van der Waals surface area contributed by atoms with Gasteiger partial charge in [-0.3, -0.25) is 4.79 Å². The lowest BCUT2D eigenvalue weighted by Crippen LogP contribution is -2.40. The Bertz CT molecular complexity index is 433. The van der Waals surface area contributed by atoms with Gasteiger partial charge in [0.2, 0.25) is 0 Å². The summed E-state index contributed by atoms with van der Waals surface area (Å²) in [7, 11) is 0. The van der Waals surface area contributed by atoms with Crippen LogP contribution in [0, 0.1) is 11.3 Å². The van der Waals surface area contributed by atoms with E-state index in [4.69, 9.17) is 4.74 Å². The van der Waals surface area contributed by atoms with Gasteiger partial charge in [0.1, 0.15) is 5.82 Å². The molecule has 0 spiro atoms. The van der Waals surface area contributed by atoms with Gasteiger partial charge in [-0.1, -0.05) is 19.9 Å². The molecule has 1 saturated heterocycles. The third kappa shape index (κ3) is 2.57. The van der Waals surface area contributed by atoms with E-state index in [-0.39, 0.29) is 11.9 Å². The maximum absolute atomic E-state index is 12.3. The number of pyridine rings is 1. The van der Waals surface area contributed by atoms with Crippen LogP contribution in [0.25, 0.3) is 0 Å². The highest BCUT2D eigenvalue weighted by Crippen LogP contribution is 2.40. The summed E-state index contributed by atoms with van der Waals surface area (Å²) in [5, 5.41) is 0. The first-order chi connectivity index (χ1) is 9.10. The maximum atomic E-state index is 12.3. The summed E-state index contributed by atoms with van der Waals surface area (Å²) in [5.41, 5.74) is -0.395. The fourth-order valence-electron chi connectivity index (χ4n) is 2.72. The fraction of sp³-hybridized carbons (Fsp3) is 0.600. The van der Waals surface area contributed by atoms with Crippen LogP contribution in [0.5, 0.6) is 0 Å². The molecule has 0 N–H and O–H groups in total. The minimum absolute atomic E-state index is 0.0663. The Hall–Kier alpha value is -1.58. The monoisotopic (exact) mass is 262 g/mol. The van der Waals surface area contributed by atoms with Crippen molar-refractivity contribution in [2.24, 2.45) is 11.3 Å². The summed E-state index contributed by atoms with van der Waals surface area (Å²) in [4.78, 5) is 18.9. The predicted octanol–water partition coefficient (Wildman–Crippen LogP) is 2.50. The van der Waals surface area contributed by atoms with E-state index in [1.807, 2.05) is 25.1 Å². The molecular weight excluding hydrogens is 240 g/mol. The van der Waals surface area contributed by atoms with E-state index in [1.165, 1.54) is 0 Å². The molecule has 1 aliphatic heterocycles. The predicted molar refractivity (Wildman–Crippen MR) is 75.0 cm³/mol. The van der Waals surface area contributed by atoms with E-state index in [0.29, 0.717) is 13.2 Å². The number of rotatable bonds is 4. The average molecular weight is 262 g/mol. The molecule has 104 valence electrons. The summed E-state index contributed by atoms with van der Waals surface area (Å²) < 4.78 is 5.29. The first-order valence-corrected chi connectivity index (χ1v) is 6.93.